The molecule has 7 heteroatoms. The van der Waals surface area contributed by atoms with Crippen molar-refractivity contribution in [3.8, 4) is 0 Å². The number of nitrogens with zero attached hydrogens (tertiary/aromatic N) is 3. The number of benzene rings is 2. The third-order valence-corrected chi connectivity index (χ3v) is 4.68. The number of alkyl halides is 3. The second-order valence-electron chi connectivity index (χ2n) is 6.45. The zero-order valence-electron chi connectivity index (χ0n) is 14.0. The fourth-order valence-corrected chi connectivity index (χ4v) is 3.61. The summed E-state index contributed by atoms with van der Waals surface area (Å²) in [6, 6.07) is 13.7. The number of fused-ring (bicyclic) bond motifs is 2. The Morgan fingerprint density at radius 1 is 1.15 bits per heavy atom. The number of imidazole rings is 1. The van der Waals surface area contributed by atoms with Crippen molar-refractivity contribution in [3.63, 3.8) is 0 Å². The second kappa shape index (κ2) is 5.86. The molecular weight excluding hydrogens is 343 g/mol. The van der Waals surface area contributed by atoms with Crippen LogP contribution in [-0.2, 0) is 23.9 Å². The van der Waals surface area contributed by atoms with Crippen LogP contribution in [0.3, 0.4) is 0 Å². The zero-order valence-corrected chi connectivity index (χ0v) is 14.0. The van der Waals surface area contributed by atoms with E-state index in [4.69, 9.17) is 0 Å². The first-order valence-corrected chi connectivity index (χ1v) is 8.28. The van der Waals surface area contributed by atoms with Gasteiger partial charge in [0.15, 0.2) is 0 Å². The highest BCUT2D eigenvalue weighted by Crippen LogP contribution is 2.34. The van der Waals surface area contributed by atoms with Crippen LogP contribution in [0.15, 0.2) is 48.5 Å². The first-order valence-electron chi connectivity index (χ1n) is 8.28. The summed E-state index contributed by atoms with van der Waals surface area (Å²) in [4.78, 5) is 18.2. The van der Waals surface area contributed by atoms with Crippen molar-refractivity contribution in [2.75, 3.05) is 4.90 Å². The summed E-state index contributed by atoms with van der Waals surface area (Å²) >= 11 is 0. The number of amides is 1. The molecule has 3 aromatic rings. The van der Waals surface area contributed by atoms with Gasteiger partial charge < -0.3 is 9.47 Å². The summed E-state index contributed by atoms with van der Waals surface area (Å²) in [5, 5.41) is 0. The van der Waals surface area contributed by atoms with Crippen LogP contribution >= 0.6 is 0 Å². The highest BCUT2D eigenvalue weighted by molar-refractivity contribution is 5.96. The number of carbonyl (C=O) groups is 1. The van der Waals surface area contributed by atoms with E-state index >= 15 is 0 Å². The number of para-hydroxylation sites is 3. The minimum Gasteiger partial charge on any atom is -0.311 e. The number of aromatic nitrogens is 2. The lowest BCUT2D eigenvalue weighted by Gasteiger charge is -2.23. The minimum absolute atomic E-state index is 0.0935. The molecule has 2 aromatic carbocycles. The van der Waals surface area contributed by atoms with Crippen LogP contribution in [0.1, 0.15) is 18.3 Å². The van der Waals surface area contributed by atoms with Gasteiger partial charge in [0, 0.05) is 11.7 Å². The summed E-state index contributed by atoms with van der Waals surface area (Å²) in [5.74, 6) is -1.43. The summed E-state index contributed by atoms with van der Waals surface area (Å²) in [6.45, 7) is 1.49. The quantitative estimate of drug-likeness (QED) is 0.693. The van der Waals surface area contributed by atoms with Gasteiger partial charge in [0.2, 0.25) is 11.7 Å². The number of halogens is 3. The van der Waals surface area contributed by atoms with Crippen molar-refractivity contribution < 1.29 is 18.0 Å². The average Bonchev–Trinajstić information content (AvgIpc) is 3.12. The van der Waals surface area contributed by atoms with Crippen molar-refractivity contribution >= 4 is 22.6 Å². The highest BCUT2D eigenvalue weighted by Gasteiger charge is 2.39. The van der Waals surface area contributed by atoms with Gasteiger partial charge in [0.1, 0.15) is 6.54 Å². The van der Waals surface area contributed by atoms with E-state index in [2.05, 4.69) is 4.98 Å². The van der Waals surface area contributed by atoms with Crippen LogP contribution in [0.2, 0.25) is 0 Å². The van der Waals surface area contributed by atoms with Crippen molar-refractivity contribution in [1.82, 2.24) is 9.55 Å². The molecule has 0 saturated heterocycles. The van der Waals surface area contributed by atoms with Gasteiger partial charge in [-0.15, -0.1) is 0 Å². The summed E-state index contributed by atoms with van der Waals surface area (Å²) in [7, 11) is 0. The standard InChI is InChI=1S/C19H16F3N3O/c1-12-10-13-6-2-4-8-15(13)25(12)17(26)11-24-16-9-5-3-7-14(16)23-18(24)19(20,21)22/h2-9,12H,10-11H2,1H3/t12-/m1/s1. The molecule has 1 aliphatic heterocycles. The molecule has 1 aliphatic rings. The Morgan fingerprint density at radius 3 is 2.62 bits per heavy atom. The summed E-state index contributed by atoms with van der Waals surface area (Å²) in [5.41, 5.74) is 2.32. The van der Waals surface area contributed by atoms with E-state index in [9.17, 15) is 18.0 Å². The maximum absolute atomic E-state index is 13.4. The van der Waals surface area contributed by atoms with Gasteiger partial charge in [-0.3, -0.25) is 4.79 Å². The fourth-order valence-electron chi connectivity index (χ4n) is 3.61. The molecule has 4 rings (SSSR count). The lowest BCUT2D eigenvalue weighted by atomic mass is 10.1. The Bertz CT molecular complexity index is 993. The Hall–Kier alpha value is -2.83. The molecule has 0 fully saturated rings. The molecule has 26 heavy (non-hydrogen) atoms. The Labute approximate surface area is 147 Å². The monoisotopic (exact) mass is 359 g/mol. The number of hydrogen-bond donors (Lipinski definition) is 0. The average molecular weight is 359 g/mol. The fraction of sp³-hybridized carbons (Fsp3) is 0.263. The molecule has 2 heterocycles. The van der Waals surface area contributed by atoms with E-state index in [1.165, 1.54) is 6.07 Å². The van der Waals surface area contributed by atoms with Gasteiger partial charge in [0.25, 0.3) is 0 Å². The molecule has 4 nitrogen and oxygen atoms in total. The number of carbonyl (C=O) groups excluding carboxylic acids is 1. The topological polar surface area (TPSA) is 38.1 Å². The predicted molar refractivity (Wildman–Crippen MR) is 91.8 cm³/mol. The van der Waals surface area contributed by atoms with Gasteiger partial charge in [-0.25, -0.2) is 4.98 Å². The number of rotatable bonds is 2. The maximum Gasteiger partial charge on any atom is 0.449 e. The smallest absolute Gasteiger partial charge is 0.311 e. The molecule has 0 unspecified atom stereocenters. The van der Waals surface area contributed by atoms with Crippen molar-refractivity contribution in [3.05, 3.63) is 59.9 Å². The molecule has 0 bridgehead atoms. The van der Waals surface area contributed by atoms with Gasteiger partial charge in [-0.05, 0) is 37.1 Å². The first kappa shape index (κ1) is 16.6. The van der Waals surface area contributed by atoms with E-state index in [0.29, 0.717) is 11.9 Å². The molecule has 1 amide bonds. The molecule has 0 N–H and O–H groups in total. The first-order chi connectivity index (χ1) is 12.4. The van der Waals surface area contributed by atoms with Crippen LogP contribution in [0.4, 0.5) is 18.9 Å². The Kier molecular flexibility index (Phi) is 3.75. The maximum atomic E-state index is 13.4. The Morgan fingerprint density at radius 2 is 1.85 bits per heavy atom. The van der Waals surface area contributed by atoms with Crippen molar-refractivity contribution in [1.29, 1.82) is 0 Å². The van der Waals surface area contributed by atoms with E-state index in [0.717, 1.165) is 15.8 Å². The number of anilines is 1. The van der Waals surface area contributed by atoms with Crippen LogP contribution in [0.5, 0.6) is 0 Å². The third-order valence-electron chi connectivity index (χ3n) is 4.68. The van der Waals surface area contributed by atoms with Crippen LogP contribution in [-0.4, -0.2) is 21.5 Å². The van der Waals surface area contributed by atoms with Crippen molar-refractivity contribution in [2.45, 2.75) is 32.1 Å². The molecule has 0 spiro atoms. The van der Waals surface area contributed by atoms with Crippen LogP contribution in [0.25, 0.3) is 11.0 Å². The van der Waals surface area contributed by atoms with Gasteiger partial charge in [0.05, 0.1) is 11.0 Å². The van der Waals surface area contributed by atoms with Gasteiger partial charge in [-0.2, -0.15) is 13.2 Å². The molecule has 0 radical (unpaired) electrons. The minimum atomic E-state index is -4.63. The van der Waals surface area contributed by atoms with E-state index in [-0.39, 0.29) is 17.5 Å². The molecule has 134 valence electrons. The van der Waals surface area contributed by atoms with Crippen LogP contribution < -0.4 is 4.90 Å². The van der Waals surface area contributed by atoms with Gasteiger partial charge >= 0.3 is 6.18 Å². The van der Waals surface area contributed by atoms with Crippen molar-refractivity contribution in [2.24, 2.45) is 0 Å². The van der Waals surface area contributed by atoms with Gasteiger partial charge in [-0.1, -0.05) is 30.3 Å². The largest absolute Gasteiger partial charge is 0.449 e. The predicted octanol–water partition coefficient (Wildman–Crippen LogP) is 4.03. The third kappa shape index (κ3) is 2.64. The number of hydrogen-bond acceptors (Lipinski definition) is 2. The van der Waals surface area contributed by atoms with E-state index in [1.807, 2.05) is 31.2 Å². The molecular formula is C19H16F3N3O. The molecule has 1 atom stereocenters. The molecule has 1 aromatic heterocycles. The van der Waals surface area contributed by atoms with Crippen LogP contribution in [0, 0.1) is 0 Å². The summed E-state index contributed by atoms with van der Waals surface area (Å²) < 4.78 is 41.2. The SMILES string of the molecule is C[C@@H]1Cc2ccccc2N1C(=O)Cn1c(C(F)(F)F)nc2ccccc21. The molecule has 0 aliphatic carbocycles. The zero-order chi connectivity index (χ0) is 18.5. The second-order valence-corrected chi connectivity index (χ2v) is 6.45. The normalized spacial score (nSPS) is 16.9. The summed E-state index contributed by atoms with van der Waals surface area (Å²) in [6.07, 6.45) is -3.94. The lowest BCUT2D eigenvalue weighted by Crippen LogP contribution is -2.38. The van der Waals surface area contributed by atoms with E-state index < -0.39 is 18.5 Å². The molecule has 0 saturated carbocycles. The lowest BCUT2D eigenvalue weighted by molar-refractivity contribution is -0.147. The highest BCUT2D eigenvalue weighted by atomic mass is 19.4. The Balaban J connectivity index is 1.75. The van der Waals surface area contributed by atoms with E-state index in [1.54, 1.807) is 23.1 Å².